The summed E-state index contributed by atoms with van der Waals surface area (Å²) in [5.41, 5.74) is 5.85. The predicted octanol–water partition coefficient (Wildman–Crippen LogP) is -2.39. The molecule has 0 atom stereocenters. The second-order valence-electron chi connectivity index (χ2n) is 4.49. The van der Waals surface area contributed by atoms with Gasteiger partial charge in [0.05, 0.1) is 24.3 Å². The molecular weight excluding hydrogens is 309 g/mol. The summed E-state index contributed by atoms with van der Waals surface area (Å²) >= 11 is 0. The number of aromatic carboxylic acids is 1. The monoisotopic (exact) mass is 323 g/mol. The van der Waals surface area contributed by atoms with Gasteiger partial charge in [-0.15, -0.1) is 0 Å². The topological polar surface area (TPSA) is 117 Å². The fourth-order valence-electron chi connectivity index (χ4n) is 1.97. The molecule has 0 bridgehead atoms. The third-order valence-electron chi connectivity index (χ3n) is 3.06. The largest absolute Gasteiger partial charge is 1.00 e. The number of rotatable bonds is 5. The standard InChI is InChI=1S/C15H15N3O4.Na/c1-8-9(15(20)21)7-10(13(16)19)14(17-8)18-11-5-3-4-6-12(11)22-2;/h3-7H,1-2H3,(H2,16,19)(H,17,18)(H,20,21);/q;+1/p-1. The van der Waals surface area contributed by atoms with Crippen LogP contribution in [0.3, 0.4) is 0 Å². The molecule has 0 aliphatic rings. The summed E-state index contributed by atoms with van der Waals surface area (Å²) in [5.74, 6) is -1.52. The van der Waals surface area contributed by atoms with Crippen molar-refractivity contribution in [3.63, 3.8) is 0 Å². The molecule has 0 unspecified atom stereocenters. The molecule has 0 aliphatic heterocycles. The number of amides is 1. The number of benzene rings is 1. The van der Waals surface area contributed by atoms with Gasteiger partial charge in [0.25, 0.3) is 5.91 Å². The number of carbonyl (C=O) groups excluding carboxylic acids is 2. The van der Waals surface area contributed by atoms with Crippen LogP contribution in [0.4, 0.5) is 11.5 Å². The van der Waals surface area contributed by atoms with Crippen LogP contribution in [-0.4, -0.2) is 24.0 Å². The first-order valence-electron chi connectivity index (χ1n) is 6.37. The molecular formula is C15H14N3NaO4. The van der Waals surface area contributed by atoms with E-state index in [4.69, 9.17) is 10.5 Å². The smallest absolute Gasteiger partial charge is 0.545 e. The number of nitrogens with zero attached hydrogens (tertiary/aromatic N) is 1. The number of primary amides is 1. The van der Waals surface area contributed by atoms with Crippen molar-refractivity contribution in [1.29, 1.82) is 0 Å². The van der Waals surface area contributed by atoms with Crippen molar-refractivity contribution in [1.82, 2.24) is 4.98 Å². The van der Waals surface area contributed by atoms with Gasteiger partial charge in [-0.25, -0.2) is 4.98 Å². The van der Waals surface area contributed by atoms with E-state index in [1.165, 1.54) is 14.0 Å². The van der Waals surface area contributed by atoms with Crippen LogP contribution in [0.25, 0.3) is 0 Å². The van der Waals surface area contributed by atoms with Crippen molar-refractivity contribution in [3.8, 4) is 5.75 Å². The maximum atomic E-state index is 11.6. The van der Waals surface area contributed by atoms with E-state index in [0.717, 1.165) is 6.07 Å². The quantitative estimate of drug-likeness (QED) is 0.593. The van der Waals surface area contributed by atoms with Gasteiger partial charge in [0.1, 0.15) is 11.6 Å². The molecule has 1 heterocycles. The minimum Gasteiger partial charge on any atom is -0.545 e. The molecule has 1 aromatic carbocycles. The van der Waals surface area contributed by atoms with Gasteiger partial charge in [-0.05, 0) is 25.1 Å². The summed E-state index contributed by atoms with van der Waals surface area (Å²) in [6.07, 6.45) is 0. The summed E-state index contributed by atoms with van der Waals surface area (Å²) in [4.78, 5) is 26.7. The van der Waals surface area contributed by atoms with E-state index in [9.17, 15) is 14.7 Å². The van der Waals surface area contributed by atoms with Gasteiger partial charge in [0.15, 0.2) is 0 Å². The number of nitrogens with one attached hydrogen (secondary N) is 1. The van der Waals surface area contributed by atoms with Gasteiger partial charge in [-0.3, -0.25) is 4.79 Å². The summed E-state index contributed by atoms with van der Waals surface area (Å²) in [7, 11) is 1.51. The average molecular weight is 323 g/mol. The van der Waals surface area contributed by atoms with E-state index in [1.54, 1.807) is 24.3 Å². The zero-order valence-electron chi connectivity index (χ0n) is 13.0. The molecule has 1 aromatic heterocycles. The molecule has 2 aromatic rings. The van der Waals surface area contributed by atoms with E-state index >= 15 is 0 Å². The van der Waals surface area contributed by atoms with Crippen LogP contribution in [0.2, 0.25) is 0 Å². The van der Waals surface area contributed by atoms with Crippen molar-refractivity contribution in [3.05, 3.63) is 47.2 Å². The van der Waals surface area contributed by atoms with Gasteiger partial charge in [-0.1, -0.05) is 12.1 Å². The third-order valence-corrected chi connectivity index (χ3v) is 3.06. The van der Waals surface area contributed by atoms with Crippen molar-refractivity contribution >= 4 is 23.4 Å². The summed E-state index contributed by atoms with van der Waals surface area (Å²) in [6, 6.07) is 8.17. The molecule has 0 fully saturated rings. The van der Waals surface area contributed by atoms with Crippen molar-refractivity contribution in [2.75, 3.05) is 12.4 Å². The van der Waals surface area contributed by atoms with Gasteiger partial charge < -0.3 is 25.7 Å². The maximum Gasteiger partial charge on any atom is 1.00 e. The minimum atomic E-state index is -1.42. The number of carboxylic acids is 1. The number of anilines is 2. The number of para-hydroxylation sites is 2. The van der Waals surface area contributed by atoms with Crippen molar-refractivity contribution < 1.29 is 49.0 Å². The van der Waals surface area contributed by atoms with E-state index in [1.807, 2.05) is 0 Å². The molecule has 114 valence electrons. The summed E-state index contributed by atoms with van der Waals surface area (Å²) in [6.45, 7) is 1.50. The number of aromatic nitrogens is 1. The maximum absolute atomic E-state index is 11.6. The SMILES string of the molecule is COc1ccccc1Nc1nc(C)c(C(=O)[O-])cc1C(N)=O.[Na+]. The number of aryl methyl sites for hydroxylation is 1. The van der Waals surface area contributed by atoms with Gasteiger partial charge in [-0.2, -0.15) is 0 Å². The molecule has 0 radical (unpaired) electrons. The first-order chi connectivity index (χ1) is 10.4. The number of ether oxygens (including phenoxy) is 1. The Balaban J connectivity index is 0.00000264. The Morgan fingerprint density at radius 2 is 1.91 bits per heavy atom. The fraction of sp³-hybridized carbons (Fsp3) is 0.133. The first kappa shape index (κ1) is 19.0. The molecule has 0 saturated carbocycles. The average Bonchev–Trinajstić information content (AvgIpc) is 2.47. The molecule has 0 aliphatic carbocycles. The van der Waals surface area contributed by atoms with Crippen LogP contribution in [-0.2, 0) is 0 Å². The Hall–Kier alpha value is -2.09. The van der Waals surface area contributed by atoms with E-state index in [0.29, 0.717) is 11.4 Å². The predicted molar refractivity (Wildman–Crippen MR) is 78.1 cm³/mol. The Kier molecular flexibility index (Phi) is 6.56. The number of hydrogen-bond donors (Lipinski definition) is 2. The summed E-state index contributed by atoms with van der Waals surface area (Å²) in [5, 5.41) is 14.0. The minimum absolute atomic E-state index is 0. The Labute approximate surface area is 155 Å². The molecule has 23 heavy (non-hydrogen) atoms. The number of methoxy groups -OCH3 is 1. The molecule has 7 nitrogen and oxygen atoms in total. The molecule has 1 amide bonds. The van der Waals surface area contributed by atoms with Crippen LogP contribution in [0.1, 0.15) is 26.4 Å². The zero-order valence-corrected chi connectivity index (χ0v) is 15.0. The molecule has 2 rings (SSSR count). The van der Waals surface area contributed by atoms with Crippen LogP contribution >= 0.6 is 0 Å². The number of hydrogen-bond acceptors (Lipinski definition) is 6. The van der Waals surface area contributed by atoms with Crippen molar-refractivity contribution in [2.45, 2.75) is 6.92 Å². The Morgan fingerprint density at radius 1 is 1.26 bits per heavy atom. The molecule has 8 heteroatoms. The van der Waals surface area contributed by atoms with Crippen LogP contribution in [0.5, 0.6) is 5.75 Å². The molecule has 0 saturated heterocycles. The van der Waals surface area contributed by atoms with Crippen LogP contribution < -0.4 is 50.5 Å². The first-order valence-corrected chi connectivity index (χ1v) is 6.37. The third kappa shape index (κ3) is 4.22. The van der Waals surface area contributed by atoms with E-state index < -0.39 is 11.9 Å². The summed E-state index contributed by atoms with van der Waals surface area (Å²) < 4.78 is 5.20. The van der Waals surface area contributed by atoms with Gasteiger partial charge in [0.2, 0.25) is 0 Å². The normalized spacial score (nSPS) is 9.65. The van der Waals surface area contributed by atoms with Gasteiger partial charge in [0, 0.05) is 11.3 Å². The van der Waals surface area contributed by atoms with E-state index in [-0.39, 0.29) is 52.2 Å². The molecule has 3 N–H and O–H groups in total. The Morgan fingerprint density at radius 3 is 2.48 bits per heavy atom. The Bertz CT molecular complexity index is 749. The van der Waals surface area contributed by atoms with Crippen LogP contribution in [0.15, 0.2) is 30.3 Å². The molecule has 0 spiro atoms. The van der Waals surface area contributed by atoms with Crippen LogP contribution in [0, 0.1) is 6.92 Å². The zero-order chi connectivity index (χ0) is 16.3. The second kappa shape index (κ2) is 7.96. The number of carboxylic acid groups (broad SMARTS) is 1. The fourth-order valence-corrected chi connectivity index (χ4v) is 1.97. The second-order valence-corrected chi connectivity index (χ2v) is 4.49. The number of nitrogens with two attached hydrogens (primary N) is 1. The number of pyridine rings is 1. The van der Waals surface area contributed by atoms with Gasteiger partial charge >= 0.3 is 29.6 Å². The van der Waals surface area contributed by atoms with Crippen molar-refractivity contribution in [2.24, 2.45) is 5.73 Å². The number of carbonyl (C=O) groups is 2. The van der Waals surface area contributed by atoms with E-state index in [2.05, 4.69) is 10.3 Å².